The van der Waals surface area contributed by atoms with E-state index in [0.717, 1.165) is 11.1 Å². The normalized spacial score (nSPS) is 13.2. The summed E-state index contributed by atoms with van der Waals surface area (Å²) in [6.45, 7) is 67.6. The second-order valence-electron chi connectivity index (χ2n) is 30.1. The highest BCUT2D eigenvalue weighted by atomic mass is 31.2. The van der Waals surface area contributed by atoms with Crippen molar-refractivity contribution in [2.75, 3.05) is 121 Å². The van der Waals surface area contributed by atoms with Gasteiger partial charge in [0.05, 0.1) is 103 Å². The summed E-state index contributed by atoms with van der Waals surface area (Å²) < 4.78 is 117. The molecular formula is C93H201N3O20P2Si3. The predicted octanol–water partition coefficient (Wildman–Crippen LogP) is 21.0. The number of ether oxygens (including phenoxy) is 5. The number of terminal acetylenes is 4. The molecule has 0 aliphatic rings. The van der Waals surface area contributed by atoms with Crippen LogP contribution in [0.5, 0.6) is 0 Å². The Morgan fingerprint density at radius 2 is 0.769 bits per heavy atom. The molecule has 0 amide bonds. The first-order valence-electron chi connectivity index (χ1n) is 42.4. The van der Waals surface area contributed by atoms with E-state index in [-0.39, 0.29) is 186 Å². The van der Waals surface area contributed by atoms with E-state index in [9.17, 15) is 10.2 Å². The number of rotatable bonds is 40. The van der Waals surface area contributed by atoms with Crippen LogP contribution in [0.2, 0.25) is 60.9 Å². The molecule has 730 valence electrons. The summed E-state index contributed by atoms with van der Waals surface area (Å²) in [5, 5.41) is 59.9. The standard InChI is InChI=1S/C16H28NO3P.C16H28O3Si.C15H27N2O3P.C10H14O3.C9H22O2Si.C7H18Si.C6H10O2.C2H6.4CH4O.8CH4/c1-8-10-12-19-21(17(14(3)4)15(5)6)20-13-16(7)18-11-9-2;1-16(2,3)20(4,5)19-13-15(17)12-18-11-14-9-7-6-8-10-14;1-8-10-18-15(6)12-20-21(19-11-9-16-7)17(13(2)3)14(4)5;11-6-10(12)8-13-7-9-4-2-1-3-5-9;1-8(10)7-11-12(5,6)9(2,3)4;1-7(2,3)8(4,5)6;1-3-4-8-6(2)5-7;5*1-2;;;;;;;;/h1-2,14-16H,10-13H2,3-7H3;6-10,15,17H,11-13H2,1-5H3;1,13-15H,9-12H2,2-6H3;1-5,10-12H,6-8H2;8,10H,7H2,1-6H3;1-6H3;1,6-7H,4-5H2,2H3;1-2H3;4*2H,1H3;8*1H4/t16-,21?;15-;15-,21?;10-;8-;;6-;;;;;;;;;;;;;/m11101.1............./s1/i7D;;6D;;1D;;2D;;4*2T;;;;;;;;. The van der Waals surface area contributed by atoms with Crippen LogP contribution in [0, 0.1) is 55.9 Å². The van der Waals surface area contributed by atoms with Crippen molar-refractivity contribution < 1.29 is 102 Å². The lowest BCUT2D eigenvalue weighted by atomic mass is 10.2. The molecule has 0 saturated carbocycles. The smallest absolute Gasteiger partial charge is 0.259 e. The summed E-state index contributed by atoms with van der Waals surface area (Å²) in [6.07, 6.45) is 17.9. The zero-order valence-electron chi connectivity index (χ0n) is 83.8. The molecule has 2 rings (SSSR count). The number of aliphatic hydroxyl groups excluding tert-OH is 9. The van der Waals surface area contributed by atoms with Gasteiger partial charge in [0.25, 0.3) is 17.1 Å². The largest absolute Gasteiger partial charge is 0.414 e. The summed E-state index contributed by atoms with van der Waals surface area (Å²) in [5.41, 5.74) is 2.18. The van der Waals surface area contributed by atoms with Gasteiger partial charge in [-0.3, -0.25) is 0 Å². The maximum Gasteiger partial charge on any atom is 0.259 e. The Kier molecular flexibility index (Phi) is 117. The maximum absolute atomic E-state index is 9.93. The van der Waals surface area contributed by atoms with E-state index in [1.165, 1.54) is 28.4 Å². The van der Waals surface area contributed by atoms with E-state index in [1.54, 1.807) is 0 Å². The van der Waals surface area contributed by atoms with Crippen LogP contribution in [0.3, 0.4) is 0 Å². The summed E-state index contributed by atoms with van der Waals surface area (Å²) in [7, 11) is -1.74. The van der Waals surface area contributed by atoms with Crippen LogP contribution in [-0.4, -0.2) is 267 Å². The van der Waals surface area contributed by atoms with Crippen LogP contribution >= 0.6 is 17.1 Å². The Balaban J connectivity index is -0.0000000685. The highest BCUT2D eigenvalue weighted by molar-refractivity contribution is 7.44. The minimum Gasteiger partial charge on any atom is -0.414 e. The Labute approximate surface area is 768 Å². The third kappa shape index (κ3) is 100. The monoisotopic (exact) mass is 1840 g/mol. The van der Waals surface area contributed by atoms with Gasteiger partial charge in [0.1, 0.15) is 32.5 Å². The van der Waals surface area contributed by atoms with Crippen molar-refractivity contribution in [3.63, 3.8) is 0 Å². The second-order valence-corrected chi connectivity index (χ2v) is 48.6. The lowest BCUT2D eigenvalue weighted by molar-refractivity contribution is 0.0000253. The quantitative estimate of drug-likeness (QED) is 0.00985. The molecule has 0 radical (unpaired) electrons. The van der Waals surface area contributed by atoms with Crippen molar-refractivity contribution in [3.05, 3.63) is 83.2 Å². The van der Waals surface area contributed by atoms with E-state index in [2.05, 4.69) is 222 Å². The molecule has 0 spiro atoms. The Morgan fingerprint density at radius 3 is 1.02 bits per heavy atom. The van der Waals surface area contributed by atoms with Crippen LogP contribution in [0.15, 0.2) is 60.7 Å². The predicted molar refractivity (Wildman–Crippen MR) is 537 cm³/mol. The molecular weight excluding hydrogens is 1630 g/mol. The second kappa shape index (κ2) is 102. The summed E-state index contributed by atoms with van der Waals surface area (Å²) in [6, 6.07) is 20.7. The van der Waals surface area contributed by atoms with E-state index in [4.69, 9.17) is 109 Å². The maximum atomic E-state index is 9.93. The van der Waals surface area contributed by atoms with Crippen LogP contribution in [0.1, 0.15) is 242 Å². The minimum absolute atomic E-state index is 0. The van der Waals surface area contributed by atoms with Gasteiger partial charge < -0.3 is 101 Å². The molecule has 0 heterocycles. The fraction of sp³-hybridized carbons (Fsp3) is 0.774. The average Bonchev–Trinajstić information content (AvgIpc) is 0.847. The molecule has 23 nitrogen and oxygen atoms in total. The highest BCUT2D eigenvalue weighted by Crippen LogP contribution is 2.47. The summed E-state index contributed by atoms with van der Waals surface area (Å²) in [5.74, 6) is 9.60. The molecule has 8 atom stereocenters. The zero-order chi connectivity index (χ0) is 96.3. The molecule has 2 aromatic carbocycles. The molecule has 121 heavy (non-hydrogen) atoms. The van der Waals surface area contributed by atoms with Gasteiger partial charge in [-0.05, 0) is 135 Å². The van der Waals surface area contributed by atoms with E-state index in [0.29, 0.717) is 64.3 Å². The zero-order valence-corrected chi connectivity index (χ0v) is 80.6. The first-order valence-corrected chi connectivity index (χ1v) is 49.6. The molecule has 28 heteroatoms. The highest BCUT2D eigenvalue weighted by Gasteiger charge is 2.39. The topological polar surface area (TPSA) is 294 Å². The molecule has 0 fully saturated rings. The van der Waals surface area contributed by atoms with Gasteiger partial charge in [-0.2, -0.15) is 0 Å². The molecule has 0 aliphatic heterocycles. The number of hydrogen-bond acceptors (Lipinski definition) is 22. The van der Waals surface area contributed by atoms with E-state index in [1.807, 2.05) is 74.5 Å². The average molecular weight is 1840 g/mol. The van der Waals surface area contributed by atoms with Crippen LogP contribution in [0.4, 0.5) is 0 Å². The number of aliphatic hydroxyl groups is 9. The fourth-order valence-corrected chi connectivity index (χ4v) is 11.8. The summed E-state index contributed by atoms with van der Waals surface area (Å²) >= 11 is 0. The van der Waals surface area contributed by atoms with Gasteiger partial charge in [-0.1, -0.05) is 234 Å². The lowest BCUT2D eigenvalue weighted by Gasteiger charge is -2.36. The number of benzene rings is 2. The Bertz CT molecular complexity index is 2630. The molecule has 0 saturated heterocycles. The lowest BCUT2D eigenvalue weighted by Crippen LogP contribution is -2.43. The number of nitrogens with zero attached hydrogens (tertiary/aromatic N) is 3. The van der Waals surface area contributed by atoms with Gasteiger partial charge in [-0.25, -0.2) is 15.9 Å². The van der Waals surface area contributed by atoms with Gasteiger partial charge in [0.15, 0.2) is 16.6 Å². The Morgan fingerprint density at radius 1 is 0.463 bits per heavy atom. The third-order valence-corrected chi connectivity index (χ3v) is 33.3. The molecule has 9 N–H and O–H groups in total. The van der Waals surface area contributed by atoms with Crippen molar-refractivity contribution in [2.24, 2.45) is 0 Å². The van der Waals surface area contributed by atoms with E-state index >= 15 is 0 Å². The number of hydrogen-bond donors (Lipinski definition) is 9. The summed E-state index contributed by atoms with van der Waals surface area (Å²) in [4.78, 5) is 3.29. The van der Waals surface area contributed by atoms with Crippen molar-refractivity contribution in [3.8, 4) is 49.4 Å². The molecule has 0 aliphatic carbocycles. The van der Waals surface area contributed by atoms with Crippen LogP contribution < -0.4 is 0 Å². The molecule has 2 unspecified atom stereocenters. The SMILES string of the molecule is C.C.C.C.C.C.C.C.CC.CC(C)(C)[Si](C)(C)C.CC(C)(C)[Si](C)(C)OC[C@H](O)COCc1ccccc1.OC[C@H](O)COCc1ccccc1.[2H]C[C@@H](O)CO[Si](C)(C)C(C)(C)C.[2H]C[C@H](CO)OCC#C.[2H]C[C@H](COP(OCCC#C)N(C(C)C)C(C)C)OCC#C.[2H]C[C@H](COP(OCC[N+]#[C-])N(C(C)C)C(C)C)OCC#C.[3H]OC.[3H]OC.[3H]OC.[3H]OC. The van der Waals surface area contributed by atoms with Gasteiger partial charge in [-0.15, -0.1) is 31.6 Å². The molecule has 0 aromatic heterocycles. The van der Waals surface area contributed by atoms with Crippen molar-refractivity contribution >= 4 is 41.8 Å². The van der Waals surface area contributed by atoms with E-state index < -0.39 is 66.2 Å². The van der Waals surface area contributed by atoms with Crippen LogP contribution in [-0.2, 0) is 63.8 Å². The first kappa shape index (κ1) is 138. The van der Waals surface area contributed by atoms with Crippen LogP contribution in [0.25, 0.3) is 4.85 Å². The van der Waals surface area contributed by atoms with Crippen molar-refractivity contribution in [1.82, 2.24) is 9.34 Å². The van der Waals surface area contributed by atoms with Crippen molar-refractivity contribution in [2.45, 2.75) is 360 Å². The van der Waals surface area contributed by atoms with Gasteiger partial charge in [0.2, 0.25) is 12.3 Å². The van der Waals surface area contributed by atoms with Gasteiger partial charge >= 0.3 is 0 Å². The molecule has 0 bridgehead atoms. The molecule has 2 aromatic rings. The fourth-order valence-electron chi connectivity index (χ4n) is 6.49. The minimum atomic E-state index is -1.79. The first-order chi connectivity index (χ1) is 56.4. The third-order valence-electron chi connectivity index (χ3n) is 15.7. The van der Waals surface area contributed by atoms with Gasteiger partial charge in [0, 0.05) is 72.6 Å². The van der Waals surface area contributed by atoms with Crippen molar-refractivity contribution in [1.29, 1.82) is 5.72 Å². The Hall–Kier alpha value is -3.20.